The summed E-state index contributed by atoms with van der Waals surface area (Å²) in [6.07, 6.45) is 3.70. The van der Waals surface area contributed by atoms with Gasteiger partial charge in [-0.25, -0.2) is 4.31 Å². The third-order valence-corrected chi connectivity index (χ3v) is 5.45. The molecule has 0 aromatic heterocycles. The average molecular weight is 379 g/mol. The highest BCUT2D eigenvalue weighted by Gasteiger charge is 2.18. The van der Waals surface area contributed by atoms with Gasteiger partial charge in [0, 0.05) is 16.3 Å². The molecule has 0 saturated heterocycles. The van der Waals surface area contributed by atoms with Crippen molar-refractivity contribution in [3.8, 4) is 0 Å². The monoisotopic (exact) mass is 378 g/mol. The maximum absolute atomic E-state index is 10.0. The summed E-state index contributed by atoms with van der Waals surface area (Å²) in [4.78, 5) is 16.3. The first-order valence-corrected chi connectivity index (χ1v) is 9.27. The lowest BCUT2D eigenvalue weighted by molar-refractivity contribution is -0.757. The molecule has 0 amide bonds. The summed E-state index contributed by atoms with van der Waals surface area (Å²) >= 11 is 8.99. The van der Waals surface area contributed by atoms with Gasteiger partial charge in [-0.2, -0.15) is 0 Å². The lowest BCUT2D eigenvalue weighted by atomic mass is 10.2. The summed E-state index contributed by atoms with van der Waals surface area (Å²) in [5.74, 6) is 0. The van der Waals surface area contributed by atoms with Crippen molar-refractivity contribution in [2.24, 2.45) is 5.14 Å². The van der Waals surface area contributed by atoms with Crippen LogP contribution in [0.5, 0.6) is 0 Å². The summed E-state index contributed by atoms with van der Waals surface area (Å²) in [5, 5.41) is 18.9. The minimum absolute atomic E-state index is 0.181. The van der Waals surface area contributed by atoms with Gasteiger partial charge < -0.3 is 10.2 Å². The van der Waals surface area contributed by atoms with Gasteiger partial charge in [-0.3, -0.25) is 5.14 Å². The number of rotatable bonds is 9. The van der Waals surface area contributed by atoms with Crippen molar-refractivity contribution in [1.82, 2.24) is 4.31 Å². The van der Waals surface area contributed by atoms with E-state index in [1.54, 1.807) is 11.9 Å². The molecular formula is C13H19ClN4O3S2. The van der Waals surface area contributed by atoms with Crippen molar-refractivity contribution in [1.29, 1.82) is 0 Å². The van der Waals surface area contributed by atoms with Crippen molar-refractivity contribution >= 4 is 41.2 Å². The number of unbranched alkanes of at least 4 members (excludes halogenated alkanes) is 3. The van der Waals surface area contributed by atoms with Crippen molar-refractivity contribution in [3.05, 3.63) is 27.3 Å². The number of hydrogen-bond donors (Lipinski definition) is 2. The summed E-state index contributed by atoms with van der Waals surface area (Å²) in [6.45, 7) is 1.88. The second-order valence-corrected chi connectivity index (χ2v) is 7.22. The smallest absolute Gasteiger partial charge is 0.294 e. The van der Waals surface area contributed by atoms with Crippen LogP contribution in [0, 0.1) is 10.1 Å². The molecule has 128 valence electrons. The van der Waals surface area contributed by atoms with Crippen LogP contribution in [0.1, 0.15) is 25.7 Å². The van der Waals surface area contributed by atoms with Gasteiger partial charge in [-0.05, 0) is 48.9 Å². The summed E-state index contributed by atoms with van der Waals surface area (Å²) in [5.41, 5.74) is 1.03. The van der Waals surface area contributed by atoms with Crippen molar-refractivity contribution in [2.45, 2.75) is 35.5 Å². The molecule has 23 heavy (non-hydrogen) atoms. The molecule has 0 radical (unpaired) electrons. The SMILES string of the molecule is NSc1cc2c(cc1Cl)NCN(CCCCCCO[N+](=O)[O-])S2. The van der Waals surface area contributed by atoms with Crippen molar-refractivity contribution in [2.75, 3.05) is 25.1 Å². The van der Waals surface area contributed by atoms with E-state index >= 15 is 0 Å². The number of hydrogen-bond acceptors (Lipinski definition) is 8. The quantitative estimate of drug-likeness (QED) is 0.290. The van der Waals surface area contributed by atoms with Gasteiger partial charge in [0.1, 0.15) is 0 Å². The normalized spacial score (nSPS) is 14.2. The Morgan fingerprint density at radius 3 is 2.96 bits per heavy atom. The predicted molar refractivity (Wildman–Crippen MR) is 94.0 cm³/mol. The summed E-state index contributed by atoms with van der Waals surface area (Å²) in [7, 11) is 0. The zero-order chi connectivity index (χ0) is 16.7. The maximum atomic E-state index is 10.0. The molecule has 0 aliphatic carbocycles. The first-order valence-electron chi connectivity index (χ1n) is 7.24. The van der Waals surface area contributed by atoms with E-state index in [0.717, 1.165) is 59.9 Å². The van der Waals surface area contributed by atoms with E-state index in [1.165, 1.54) is 0 Å². The van der Waals surface area contributed by atoms with Crippen LogP contribution in [-0.4, -0.2) is 29.2 Å². The fourth-order valence-corrected chi connectivity index (χ4v) is 3.95. The molecule has 0 unspecified atom stereocenters. The molecule has 0 atom stereocenters. The number of nitrogens with zero attached hydrogens (tertiary/aromatic N) is 2. The molecule has 0 spiro atoms. The molecule has 1 aliphatic heterocycles. The first-order chi connectivity index (χ1) is 11.1. The zero-order valence-electron chi connectivity index (χ0n) is 12.5. The first kappa shape index (κ1) is 18.5. The molecular weight excluding hydrogens is 360 g/mol. The maximum Gasteiger partial charge on any atom is 0.294 e. The van der Waals surface area contributed by atoms with Crippen molar-refractivity contribution < 1.29 is 9.92 Å². The van der Waals surface area contributed by atoms with Crippen molar-refractivity contribution in [3.63, 3.8) is 0 Å². The molecule has 2 rings (SSSR count). The Balaban J connectivity index is 1.70. The van der Waals surface area contributed by atoms with Crippen LogP contribution in [0.25, 0.3) is 0 Å². The van der Waals surface area contributed by atoms with Crippen LogP contribution >= 0.6 is 35.5 Å². The molecule has 1 aliphatic rings. The Bertz CT molecular complexity index is 550. The lowest BCUT2D eigenvalue weighted by Gasteiger charge is -2.29. The minimum Gasteiger partial charge on any atom is -0.371 e. The Hall–Kier alpha value is -0.870. The number of anilines is 1. The Kier molecular flexibility index (Phi) is 7.57. The van der Waals surface area contributed by atoms with E-state index in [2.05, 4.69) is 14.5 Å². The van der Waals surface area contributed by atoms with E-state index in [0.29, 0.717) is 11.4 Å². The van der Waals surface area contributed by atoms with E-state index < -0.39 is 5.09 Å². The molecule has 1 heterocycles. The Morgan fingerprint density at radius 1 is 1.43 bits per heavy atom. The van der Waals surface area contributed by atoms with Gasteiger partial charge in [0.05, 0.1) is 24.0 Å². The molecule has 0 bridgehead atoms. The molecule has 10 heteroatoms. The minimum atomic E-state index is -0.742. The molecule has 1 aromatic rings. The molecule has 3 N–H and O–H groups in total. The number of halogens is 1. The molecule has 1 aromatic carbocycles. The number of nitrogens with one attached hydrogen (secondary N) is 1. The topological polar surface area (TPSA) is 93.7 Å². The molecule has 0 fully saturated rings. The van der Waals surface area contributed by atoms with Crippen LogP contribution in [-0.2, 0) is 4.84 Å². The largest absolute Gasteiger partial charge is 0.371 e. The highest BCUT2D eigenvalue weighted by atomic mass is 35.5. The Labute approximate surface area is 148 Å². The highest BCUT2D eigenvalue weighted by Crippen LogP contribution is 2.39. The van der Waals surface area contributed by atoms with E-state index in [4.69, 9.17) is 16.7 Å². The van der Waals surface area contributed by atoms with Crippen LogP contribution in [0.15, 0.2) is 21.9 Å². The summed E-state index contributed by atoms with van der Waals surface area (Å²) < 4.78 is 2.24. The van der Waals surface area contributed by atoms with Gasteiger partial charge in [0.15, 0.2) is 0 Å². The third kappa shape index (κ3) is 5.92. The average Bonchev–Trinajstić information content (AvgIpc) is 2.53. The lowest BCUT2D eigenvalue weighted by Crippen LogP contribution is -2.27. The van der Waals surface area contributed by atoms with Gasteiger partial charge in [0.25, 0.3) is 5.09 Å². The molecule has 7 nitrogen and oxygen atoms in total. The van der Waals surface area contributed by atoms with Gasteiger partial charge >= 0.3 is 0 Å². The number of benzene rings is 1. The Morgan fingerprint density at radius 2 is 2.22 bits per heavy atom. The fourth-order valence-electron chi connectivity index (χ4n) is 2.19. The third-order valence-electron chi connectivity index (χ3n) is 3.33. The van der Waals surface area contributed by atoms with Crippen LogP contribution < -0.4 is 10.5 Å². The second-order valence-electron chi connectivity index (χ2n) is 5.00. The van der Waals surface area contributed by atoms with E-state index in [9.17, 15) is 10.1 Å². The standard InChI is InChI=1S/C13H19ClN4O3S2/c14-10-7-11-13(8-12(10)22-15)23-17(9-16-11)5-3-1-2-4-6-21-18(19)20/h7-8,16H,1-6,9,15H2. The van der Waals surface area contributed by atoms with Gasteiger partial charge in [-0.1, -0.05) is 24.4 Å². The number of nitrogens with two attached hydrogens (primary N) is 1. The highest BCUT2D eigenvalue weighted by molar-refractivity contribution is 7.98. The number of fused-ring (bicyclic) bond motifs is 1. The van der Waals surface area contributed by atoms with Crippen LogP contribution in [0.3, 0.4) is 0 Å². The van der Waals surface area contributed by atoms with Gasteiger partial charge in [0.2, 0.25) is 0 Å². The zero-order valence-corrected chi connectivity index (χ0v) is 14.9. The summed E-state index contributed by atoms with van der Waals surface area (Å²) in [6, 6.07) is 3.91. The van der Waals surface area contributed by atoms with Gasteiger partial charge in [-0.15, -0.1) is 10.1 Å². The predicted octanol–water partition coefficient (Wildman–Crippen LogP) is 3.77. The van der Waals surface area contributed by atoms with Crippen LogP contribution in [0.2, 0.25) is 5.02 Å². The van der Waals surface area contributed by atoms with E-state index in [1.807, 2.05) is 12.1 Å². The van der Waals surface area contributed by atoms with Crippen LogP contribution in [0.4, 0.5) is 5.69 Å². The molecule has 0 saturated carbocycles. The van der Waals surface area contributed by atoms with E-state index in [-0.39, 0.29) is 6.61 Å². The fraction of sp³-hybridized carbons (Fsp3) is 0.538. The second kappa shape index (κ2) is 9.43.